The van der Waals surface area contributed by atoms with Crippen molar-refractivity contribution in [2.24, 2.45) is 5.41 Å². The van der Waals surface area contributed by atoms with Gasteiger partial charge in [-0.05, 0) is 42.4 Å². The maximum atomic E-state index is 11.6. The molecule has 19 heavy (non-hydrogen) atoms. The fraction of sp³-hybridized carbons (Fsp3) is 0.562. The Morgan fingerprint density at radius 3 is 2.37 bits per heavy atom. The highest BCUT2D eigenvalue weighted by Gasteiger charge is 2.14. The van der Waals surface area contributed by atoms with Crippen LogP contribution >= 0.6 is 0 Å². The van der Waals surface area contributed by atoms with E-state index in [2.05, 4.69) is 26.1 Å². The Labute approximate surface area is 116 Å². The molecule has 0 aliphatic carbocycles. The lowest BCUT2D eigenvalue weighted by molar-refractivity contribution is -0.122. The molecule has 0 heterocycles. The van der Waals surface area contributed by atoms with Crippen LogP contribution < -0.4 is 5.32 Å². The third-order valence-electron chi connectivity index (χ3n) is 2.84. The largest absolute Gasteiger partial charge is 0.508 e. The van der Waals surface area contributed by atoms with E-state index in [1.165, 1.54) is 5.56 Å². The summed E-state index contributed by atoms with van der Waals surface area (Å²) >= 11 is 0. The van der Waals surface area contributed by atoms with Crippen molar-refractivity contribution in [3.8, 4) is 5.75 Å². The molecule has 2 N–H and O–H groups in total. The summed E-state index contributed by atoms with van der Waals surface area (Å²) in [4.78, 5) is 11.6. The van der Waals surface area contributed by atoms with Crippen molar-refractivity contribution >= 4 is 5.91 Å². The summed E-state index contributed by atoms with van der Waals surface area (Å²) in [6, 6.07) is 7.29. The molecule has 1 aromatic carbocycles. The topological polar surface area (TPSA) is 49.3 Å². The van der Waals surface area contributed by atoms with E-state index in [4.69, 9.17) is 0 Å². The van der Waals surface area contributed by atoms with Crippen LogP contribution in [0.25, 0.3) is 0 Å². The first-order valence-electron chi connectivity index (χ1n) is 6.91. The van der Waals surface area contributed by atoms with E-state index in [9.17, 15) is 9.90 Å². The first kappa shape index (κ1) is 15.5. The molecule has 0 bridgehead atoms. The molecule has 3 heteroatoms. The summed E-state index contributed by atoms with van der Waals surface area (Å²) in [5.74, 6) is 0.440. The SMILES string of the molecule is CC(C)(C)CC(=O)NCCCCc1ccc(O)cc1. The lowest BCUT2D eigenvalue weighted by atomic mass is 9.92. The highest BCUT2D eigenvalue weighted by atomic mass is 16.3. The number of aromatic hydroxyl groups is 1. The van der Waals surface area contributed by atoms with Gasteiger partial charge in [-0.25, -0.2) is 0 Å². The molecule has 106 valence electrons. The molecule has 0 atom stereocenters. The van der Waals surface area contributed by atoms with Crippen LogP contribution in [-0.4, -0.2) is 17.6 Å². The zero-order valence-electron chi connectivity index (χ0n) is 12.2. The van der Waals surface area contributed by atoms with E-state index in [0.29, 0.717) is 12.2 Å². The third kappa shape index (κ3) is 7.50. The second-order valence-corrected chi connectivity index (χ2v) is 6.21. The molecule has 3 nitrogen and oxygen atoms in total. The second kappa shape index (κ2) is 7.17. The molecule has 0 aliphatic heterocycles. The molecule has 0 spiro atoms. The molecular weight excluding hydrogens is 238 g/mol. The first-order valence-corrected chi connectivity index (χ1v) is 6.91. The summed E-state index contributed by atoms with van der Waals surface area (Å²) in [5.41, 5.74) is 1.27. The Bertz CT molecular complexity index is 390. The van der Waals surface area contributed by atoms with E-state index in [1.807, 2.05) is 12.1 Å². The van der Waals surface area contributed by atoms with E-state index in [0.717, 1.165) is 25.8 Å². The summed E-state index contributed by atoms with van der Waals surface area (Å²) in [7, 11) is 0. The van der Waals surface area contributed by atoms with Gasteiger partial charge >= 0.3 is 0 Å². The van der Waals surface area contributed by atoms with Gasteiger partial charge in [0, 0.05) is 13.0 Å². The molecule has 0 aromatic heterocycles. The monoisotopic (exact) mass is 263 g/mol. The lowest BCUT2D eigenvalue weighted by Gasteiger charge is -2.17. The standard InChI is InChI=1S/C16H25NO2/c1-16(2,3)12-15(19)17-11-5-4-6-13-7-9-14(18)10-8-13/h7-10,18H,4-6,11-12H2,1-3H3,(H,17,19). The van der Waals surface area contributed by atoms with Crippen molar-refractivity contribution in [2.75, 3.05) is 6.54 Å². The number of nitrogens with one attached hydrogen (secondary N) is 1. The number of phenolic OH excluding ortho intramolecular Hbond substituents is 1. The zero-order chi connectivity index (χ0) is 14.3. The Morgan fingerprint density at radius 2 is 1.79 bits per heavy atom. The number of aryl methyl sites for hydroxylation is 1. The molecule has 0 unspecified atom stereocenters. The number of rotatable bonds is 6. The van der Waals surface area contributed by atoms with Gasteiger partial charge in [0.2, 0.25) is 5.91 Å². The average molecular weight is 263 g/mol. The van der Waals surface area contributed by atoms with Crippen LogP contribution in [0, 0.1) is 5.41 Å². The molecular formula is C16H25NO2. The van der Waals surface area contributed by atoms with Gasteiger partial charge in [0.25, 0.3) is 0 Å². The van der Waals surface area contributed by atoms with Crippen molar-refractivity contribution in [2.45, 2.75) is 46.5 Å². The van der Waals surface area contributed by atoms with Crippen molar-refractivity contribution < 1.29 is 9.90 Å². The summed E-state index contributed by atoms with van der Waals surface area (Å²) in [6.07, 6.45) is 3.58. The van der Waals surface area contributed by atoms with E-state index in [-0.39, 0.29) is 11.3 Å². The average Bonchev–Trinajstić information content (AvgIpc) is 2.29. The van der Waals surface area contributed by atoms with E-state index in [1.54, 1.807) is 12.1 Å². The molecule has 1 amide bonds. The maximum absolute atomic E-state index is 11.6. The number of benzene rings is 1. The predicted molar refractivity (Wildman–Crippen MR) is 78.1 cm³/mol. The van der Waals surface area contributed by atoms with Crippen LogP contribution in [0.2, 0.25) is 0 Å². The molecule has 0 saturated heterocycles. The van der Waals surface area contributed by atoms with Gasteiger partial charge in [-0.2, -0.15) is 0 Å². The van der Waals surface area contributed by atoms with E-state index >= 15 is 0 Å². The smallest absolute Gasteiger partial charge is 0.220 e. The van der Waals surface area contributed by atoms with Crippen LogP contribution in [0.3, 0.4) is 0 Å². The molecule has 1 rings (SSSR count). The Balaban J connectivity index is 2.11. The van der Waals surface area contributed by atoms with E-state index < -0.39 is 0 Å². The van der Waals surface area contributed by atoms with Crippen LogP contribution in [0.4, 0.5) is 0 Å². The number of hydrogen-bond donors (Lipinski definition) is 2. The van der Waals surface area contributed by atoms with Gasteiger partial charge in [0.05, 0.1) is 0 Å². The number of carbonyl (C=O) groups is 1. The highest BCUT2D eigenvalue weighted by Crippen LogP contribution is 2.17. The van der Waals surface area contributed by atoms with Crippen LogP contribution in [0.5, 0.6) is 5.75 Å². The summed E-state index contributed by atoms with van der Waals surface area (Å²) < 4.78 is 0. The fourth-order valence-corrected chi connectivity index (χ4v) is 1.89. The number of amides is 1. The molecule has 1 aromatic rings. The van der Waals surface area contributed by atoms with Gasteiger partial charge in [0.15, 0.2) is 0 Å². The van der Waals surface area contributed by atoms with Crippen molar-refractivity contribution in [3.63, 3.8) is 0 Å². The van der Waals surface area contributed by atoms with Crippen LogP contribution in [0.1, 0.15) is 45.6 Å². The number of hydrogen-bond acceptors (Lipinski definition) is 2. The van der Waals surface area contributed by atoms with Gasteiger partial charge in [0.1, 0.15) is 5.75 Å². The number of carbonyl (C=O) groups excluding carboxylic acids is 1. The summed E-state index contributed by atoms with van der Waals surface area (Å²) in [5, 5.41) is 12.1. The fourth-order valence-electron chi connectivity index (χ4n) is 1.89. The molecule has 0 saturated carbocycles. The molecule has 0 aliphatic rings. The molecule has 0 radical (unpaired) electrons. The van der Waals surface area contributed by atoms with Gasteiger partial charge < -0.3 is 10.4 Å². The van der Waals surface area contributed by atoms with Crippen molar-refractivity contribution in [1.29, 1.82) is 0 Å². The Morgan fingerprint density at radius 1 is 1.16 bits per heavy atom. The normalized spacial score (nSPS) is 11.3. The van der Waals surface area contributed by atoms with Gasteiger partial charge in [-0.3, -0.25) is 4.79 Å². The van der Waals surface area contributed by atoms with Crippen LogP contribution in [0.15, 0.2) is 24.3 Å². The Kier molecular flexibility index (Phi) is 5.87. The number of unbranched alkanes of at least 4 members (excludes halogenated alkanes) is 1. The third-order valence-corrected chi connectivity index (χ3v) is 2.84. The minimum Gasteiger partial charge on any atom is -0.508 e. The lowest BCUT2D eigenvalue weighted by Crippen LogP contribution is -2.28. The second-order valence-electron chi connectivity index (χ2n) is 6.21. The predicted octanol–water partition coefficient (Wildman–Crippen LogP) is 3.27. The minimum atomic E-state index is 0.0517. The quantitative estimate of drug-likeness (QED) is 0.774. The highest BCUT2D eigenvalue weighted by molar-refractivity contribution is 5.76. The maximum Gasteiger partial charge on any atom is 0.220 e. The van der Waals surface area contributed by atoms with Gasteiger partial charge in [-0.15, -0.1) is 0 Å². The summed E-state index contributed by atoms with van der Waals surface area (Å²) in [6.45, 7) is 6.94. The van der Waals surface area contributed by atoms with Crippen LogP contribution in [-0.2, 0) is 11.2 Å². The number of phenols is 1. The zero-order valence-corrected chi connectivity index (χ0v) is 12.2. The van der Waals surface area contributed by atoms with Gasteiger partial charge in [-0.1, -0.05) is 32.9 Å². The first-order chi connectivity index (χ1) is 8.87. The Hall–Kier alpha value is -1.51. The van der Waals surface area contributed by atoms with Crippen molar-refractivity contribution in [3.05, 3.63) is 29.8 Å². The molecule has 0 fully saturated rings. The minimum absolute atomic E-state index is 0.0517. The van der Waals surface area contributed by atoms with Crippen molar-refractivity contribution in [1.82, 2.24) is 5.32 Å².